The Kier molecular flexibility index (Phi) is 4.53. The molecular formula is C16H16N2O5S2. The second-order valence-corrected chi connectivity index (χ2v) is 8.67. The van der Waals surface area contributed by atoms with Gasteiger partial charge in [0.25, 0.3) is 15.9 Å². The van der Waals surface area contributed by atoms with Crippen molar-refractivity contribution >= 4 is 38.9 Å². The van der Waals surface area contributed by atoms with Crippen LogP contribution in [-0.4, -0.2) is 30.9 Å². The van der Waals surface area contributed by atoms with Crippen molar-refractivity contribution in [3.8, 4) is 0 Å². The van der Waals surface area contributed by atoms with Crippen LogP contribution in [0.4, 0.5) is 5.69 Å². The Balaban J connectivity index is 1.78. The number of sulfonamides is 1. The van der Waals surface area contributed by atoms with Crippen LogP contribution in [-0.2, 0) is 14.8 Å². The Morgan fingerprint density at radius 2 is 1.92 bits per heavy atom. The monoisotopic (exact) mass is 380 g/mol. The van der Waals surface area contributed by atoms with Gasteiger partial charge in [0.2, 0.25) is 0 Å². The zero-order valence-electron chi connectivity index (χ0n) is 13.1. The molecule has 132 valence electrons. The van der Waals surface area contributed by atoms with Crippen molar-refractivity contribution in [1.82, 2.24) is 5.32 Å². The van der Waals surface area contributed by atoms with E-state index in [1.807, 2.05) is 0 Å². The van der Waals surface area contributed by atoms with Crippen molar-refractivity contribution in [3.05, 3.63) is 47.3 Å². The van der Waals surface area contributed by atoms with Crippen LogP contribution in [0.3, 0.4) is 0 Å². The molecule has 1 heterocycles. The molecule has 0 bridgehead atoms. The summed E-state index contributed by atoms with van der Waals surface area (Å²) in [6.07, 6.45) is 1.52. The van der Waals surface area contributed by atoms with Crippen molar-refractivity contribution in [2.45, 2.75) is 29.0 Å². The van der Waals surface area contributed by atoms with Gasteiger partial charge in [-0.2, -0.15) is 0 Å². The van der Waals surface area contributed by atoms with Gasteiger partial charge >= 0.3 is 5.97 Å². The highest BCUT2D eigenvalue weighted by Gasteiger charge is 2.45. The molecule has 1 aliphatic carbocycles. The van der Waals surface area contributed by atoms with E-state index in [0.717, 1.165) is 17.8 Å². The van der Waals surface area contributed by atoms with Gasteiger partial charge in [-0.1, -0.05) is 12.1 Å². The summed E-state index contributed by atoms with van der Waals surface area (Å²) in [7, 11) is -3.71. The van der Waals surface area contributed by atoms with E-state index in [-0.39, 0.29) is 15.5 Å². The molecule has 3 rings (SSSR count). The van der Waals surface area contributed by atoms with E-state index in [1.165, 1.54) is 30.3 Å². The van der Waals surface area contributed by atoms with Crippen molar-refractivity contribution in [1.29, 1.82) is 0 Å². The standard InChI is InChI=1S/C16H16N2O5S2/c19-14(17-16(15(20)21)7-3-8-16)11-4-1-5-12(10-11)18-25(22,23)13-6-2-9-24-13/h1-2,4-6,9-10,18H,3,7-8H2,(H,17,19)(H,20,21). The number of rotatable bonds is 6. The predicted octanol–water partition coefficient (Wildman–Crippen LogP) is 2.29. The molecule has 0 unspecified atom stereocenters. The smallest absolute Gasteiger partial charge is 0.329 e. The van der Waals surface area contributed by atoms with E-state index in [0.29, 0.717) is 12.8 Å². The van der Waals surface area contributed by atoms with Crippen LogP contribution in [0.5, 0.6) is 0 Å². The molecule has 7 nitrogen and oxygen atoms in total. The maximum Gasteiger partial charge on any atom is 0.329 e. The number of carboxylic acid groups (broad SMARTS) is 1. The van der Waals surface area contributed by atoms with Crippen molar-refractivity contribution in [2.24, 2.45) is 0 Å². The molecule has 25 heavy (non-hydrogen) atoms. The number of amides is 1. The molecule has 0 spiro atoms. The minimum Gasteiger partial charge on any atom is -0.480 e. The number of thiophene rings is 1. The van der Waals surface area contributed by atoms with Gasteiger partial charge in [0, 0.05) is 11.3 Å². The molecule has 0 radical (unpaired) electrons. The third-order valence-corrected chi connectivity index (χ3v) is 6.88. The van der Waals surface area contributed by atoms with Crippen LogP contribution >= 0.6 is 11.3 Å². The first-order valence-electron chi connectivity index (χ1n) is 7.55. The molecule has 1 fully saturated rings. The van der Waals surface area contributed by atoms with E-state index < -0.39 is 27.4 Å². The SMILES string of the molecule is O=C(NC1(C(=O)O)CCC1)c1cccc(NS(=O)(=O)c2cccs2)c1. The highest BCUT2D eigenvalue weighted by atomic mass is 32.2. The predicted molar refractivity (Wildman–Crippen MR) is 93.3 cm³/mol. The van der Waals surface area contributed by atoms with Gasteiger partial charge < -0.3 is 10.4 Å². The number of hydrogen-bond acceptors (Lipinski definition) is 5. The zero-order valence-corrected chi connectivity index (χ0v) is 14.7. The van der Waals surface area contributed by atoms with Crippen molar-refractivity contribution in [3.63, 3.8) is 0 Å². The fourth-order valence-corrected chi connectivity index (χ4v) is 4.60. The summed E-state index contributed by atoms with van der Waals surface area (Å²) in [4.78, 5) is 23.7. The van der Waals surface area contributed by atoms with E-state index in [9.17, 15) is 23.1 Å². The van der Waals surface area contributed by atoms with Crippen LogP contribution in [0.25, 0.3) is 0 Å². The topological polar surface area (TPSA) is 113 Å². The van der Waals surface area contributed by atoms with E-state index in [4.69, 9.17) is 0 Å². The summed E-state index contributed by atoms with van der Waals surface area (Å²) in [5.41, 5.74) is -0.790. The first kappa shape index (κ1) is 17.4. The first-order chi connectivity index (χ1) is 11.8. The second-order valence-electron chi connectivity index (χ2n) is 5.81. The Hall–Kier alpha value is -2.39. The number of hydrogen-bond donors (Lipinski definition) is 3. The molecule has 9 heteroatoms. The van der Waals surface area contributed by atoms with Crippen LogP contribution in [0.1, 0.15) is 29.6 Å². The minimum absolute atomic E-state index is 0.168. The average Bonchev–Trinajstić information content (AvgIpc) is 3.05. The number of carboxylic acids is 1. The second kappa shape index (κ2) is 6.49. The summed E-state index contributed by atoms with van der Waals surface area (Å²) in [6, 6.07) is 9.07. The van der Waals surface area contributed by atoms with E-state index in [2.05, 4.69) is 10.0 Å². The molecule has 0 atom stereocenters. The largest absolute Gasteiger partial charge is 0.480 e. The Bertz CT molecular complexity index is 902. The van der Waals surface area contributed by atoms with Crippen molar-refractivity contribution in [2.75, 3.05) is 4.72 Å². The van der Waals surface area contributed by atoms with Crippen LogP contribution in [0.15, 0.2) is 46.0 Å². The van der Waals surface area contributed by atoms with Crippen LogP contribution in [0, 0.1) is 0 Å². The number of aliphatic carboxylic acids is 1. The summed E-state index contributed by atoms with van der Waals surface area (Å²) >= 11 is 1.09. The lowest BCUT2D eigenvalue weighted by Crippen LogP contribution is -2.59. The lowest BCUT2D eigenvalue weighted by molar-refractivity contribution is -0.148. The number of nitrogens with one attached hydrogen (secondary N) is 2. The van der Waals surface area contributed by atoms with Gasteiger partial charge in [-0.25, -0.2) is 13.2 Å². The number of anilines is 1. The van der Waals surface area contributed by atoms with Crippen LogP contribution in [0.2, 0.25) is 0 Å². The maximum absolute atomic E-state index is 12.4. The molecule has 1 amide bonds. The maximum atomic E-state index is 12.4. The Labute approximate surface area is 148 Å². The zero-order chi connectivity index (χ0) is 18.1. The molecule has 1 saturated carbocycles. The third-order valence-electron chi connectivity index (χ3n) is 4.11. The number of carbonyl (C=O) groups excluding carboxylic acids is 1. The Morgan fingerprint density at radius 3 is 2.48 bits per heavy atom. The average molecular weight is 380 g/mol. The Morgan fingerprint density at radius 1 is 1.16 bits per heavy atom. The number of benzene rings is 1. The summed E-state index contributed by atoms with van der Waals surface area (Å²) < 4.78 is 27.1. The first-order valence-corrected chi connectivity index (χ1v) is 9.91. The quantitative estimate of drug-likeness (QED) is 0.712. The van der Waals surface area contributed by atoms with Crippen molar-refractivity contribution < 1.29 is 23.1 Å². The van der Waals surface area contributed by atoms with E-state index >= 15 is 0 Å². The van der Waals surface area contributed by atoms with Gasteiger partial charge in [0.1, 0.15) is 9.75 Å². The molecule has 2 aromatic rings. The van der Waals surface area contributed by atoms with E-state index in [1.54, 1.807) is 11.4 Å². The number of carbonyl (C=O) groups is 2. The summed E-state index contributed by atoms with van der Waals surface area (Å²) in [5.74, 6) is -1.60. The minimum atomic E-state index is -3.71. The van der Waals surface area contributed by atoms with Gasteiger partial charge in [-0.05, 0) is 48.9 Å². The van der Waals surface area contributed by atoms with Gasteiger partial charge in [-0.15, -0.1) is 11.3 Å². The van der Waals surface area contributed by atoms with Gasteiger partial charge in [0.15, 0.2) is 0 Å². The molecule has 0 aliphatic heterocycles. The summed E-state index contributed by atoms with van der Waals surface area (Å²) in [6.45, 7) is 0. The normalized spacial score (nSPS) is 15.8. The lowest BCUT2D eigenvalue weighted by Gasteiger charge is -2.38. The van der Waals surface area contributed by atoms with Gasteiger partial charge in [-0.3, -0.25) is 9.52 Å². The fraction of sp³-hybridized carbons (Fsp3) is 0.250. The van der Waals surface area contributed by atoms with Crippen LogP contribution < -0.4 is 10.0 Å². The molecule has 1 aliphatic rings. The molecule has 0 saturated heterocycles. The van der Waals surface area contributed by atoms with Gasteiger partial charge in [0.05, 0.1) is 0 Å². The third kappa shape index (κ3) is 3.52. The highest BCUT2D eigenvalue weighted by molar-refractivity contribution is 7.94. The molecule has 3 N–H and O–H groups in total. The lowest BCUT2D eigenvalue weighted by atomic mass is 9.76. The molecular weight excluding hydrogens is 364 g/mol. The fourth-order valence-electron chi connectivity index (χ4n) is 2.56. The highest BCUT2D eigenvalue weighted by Crippen LogP contribution is 2.32. The molecule has 1 aromatic heterocycles. The molecule has 1 aromatic carbocycles. The summed E-state index contributed by atoms with van der Waals surface area (Å²) in [5, 5.41) is 13.5.